The van der Waals surface area contributed by atoms with Gasteiger partial charge in [0.2, 0.25) is 0 Å². The summed E-state index contributed by atoms with van der Waals surface area (Å²) < 4.78 is 5.40. The maximum Gasteiger partial charge on any atom is 0.123 e. The topological polar surface area (TPSA) is 21.3 Å². The Hall–Kier alpha value is -1.32. The summed E-state index contributed by atoms with van der Waals surface area (Å²) in [4.78, 5) is 1.36. The molecule has 18 heavy (non-hydrogen) atoms. The lowest BCUT2D eigenvalue weighted by atomic mass is 10.1. The molecule has 0 aliphatic heterocycles. The van der Waals surface area contributed by atoms with Crippen LogP contribution in [0.15, 0.2) is 41.8 Å². The maximum absolute atomic E-state index is 5.40. The molecule has 0 saturated carbocycles. The van der Waals surface area contributed by atoms with Crippen molar-refractivity contribution in [2.24, 2.45) is 0 Å². The zero-order valence-electron chi connectivity index (χ0n) is 11.0. The summed E-state index contributed by atoms with van der Waals surface area (Å²) in [6, 6.07) is 13.0. The molecule has 96 valence electrons. The van der Waals surface area contributed by atoms with Crippen molar-refractivity contribution in [1.82, 2.24) is 5.32 Å². The van der Waals surface area contributed by atoms with E-state index in [0.717, 1.165) is 5.75 Å². The Morgan fingerprint density at radius 3 is 2.50 bits per heavy atom. The number of thiophene rings is 1. The predicted molar refractivity (Wildman–Crippen MR) is 77.3 cm³/mol. The first-order valence-electron chi connectivity index (χ1n) is 6.14. The average Bonchev–Trinajstić information content (AvgIpc) is 2.92. The van der Waals surface area contributed by atoms with Crippen molar-refractivity contribution in [3.63, 3.8) is 0 Å². The average molecular weight is 261 g/mol. The normalized spacial score (nSPS) is 14.2. The molecular formula is C15H19NOS. The van der Waals surface area contributed by atoms with Crippen LogP contribution in [-0.2, 0) is 0 Å². The van der Waals surface area contributed by atoms with Crippen LogP contribution >= 0.6 is 11.3 Å². The molecule has 1 aromatic carbocycles. The molecule has 0 fully saturated rings. The first-order valence-corrected chi connectivity index (χ1v) is 7.02. The molecule has 0 saturated heterocycles. The number of para-hydroxylation sites is 1. The Balaban J connectivity index is 2.09. The highest BCUT2D eigenvalue weighted by Gasteiger charge is 2.14. The second-order valence-electron chi connectivity index (χ2n) is 4.37. The van der Waals surface area contributed by atoms with Gasteiger partial charge in [0.05, 0.1) is 7.11 Å². The summed E-state index contributed by atoms with van der Waals surface area (Å²) in [6.07, 6.45) is 0. The minimum absolute atomic E-state index is 0.262. The van der Waals surface area contributed by atoms with Crippen molar-refractivity contribution < 1.29 is 4.74 Å². The second kappa shape index (κ2) is 6.03. The summed E-state index contributed by atoms with van der Waals surface area (Å²) in [7, 11) is 1.72. The van der Waals surface area contributed by atoms with E-state index in [4.69, 9.17) is 4.74 Å². The van der Waals surface area contributed by atoms with Crippen LogP contribution in [0.2, 0.25) is 0 Å². The fourth-order valence-corrected chi connectivity index (χ4v) is 2.85. The van der Waals surface area contributed by atoms with Gasteiger partial charge in [0.25, 0.3) is 0 Å². The van der Waals surface area contributed by atoms with E-state index in [1.807, 2.05) is 18.2 Å². The van der Waals surface area contributed by atoms with Gasteiger partial charge in [-0.05, 0) is 31.4 Å². The van der Waals surface area contributed by atoms with Crippen LogP contribution in [0.1, 0.15) is 36.4 Å². The number of methoxy groups -OCH3 is 1. The van der Waals surface area contributed by atoms with E-state index >= 15 is 0 Å². The first kappa shape index (κ1) is 13.1. The van der Waals surface area contributed by atoms with E-state index in [1.165, 1.54) is 10.4 Å². The molecule has 2 rings (SSSR count). The molecule has 0 spiro atoms. The summed E-state index contributed by atoms with van der Waals surface area (Å²) in [5.41, 5.74) is 1.20. The van der Waals surface area contributed by atoms with Crippen molar-refractivity contribution in [3.8, 4) is 5.75 Å². The number of benzene rings is 1. The van der Waals surface area contributed by atoms with Crippen LogP contribution in [0, 0.1) is 0 Å². The van der Waals surface area contributed by atoms with Gasteiger partial charge in [0.1, 0.15) is 5.75 Å². The van der Waals surface area contributed by atoms with Gasteiger partial charge >= 0.3 is 0 Å². The lowest BCUT2D eigenvalue weighted by molar-refractivity contribution is 0.397. The van der Waals surface area contributed by atoms with Gasteiger partial charge in [0, 0.05) is 22.5 Å². The highest BCUT2D eigenvalue weighted by atomic mass is 32.1. The lowest BCUT2D eigenvalue weighted by Crippen LogP contribution is -2.22. The molecule has 2 atom stereocenters. The van der Waals surface area contributed by atoms with Crippen LogP contribution < -0.4 is 10.1 Å². The van der Waals surface area contributed by atoms with E-state index in [2.05, 4.69) is 42.7 Å². The highest BCUT2D eigenvalue weighted by molar-refractivity contribution is 7.10. The molecular weight excluding hydrogens is 242 g/mol. The Morgan fingerprint density at radius 1 is 1.06 bits per heavy atom. The SMILES string of the molecule is COc1ccccc1C(C)NC(C)c1cccs1. The maximum atomic E-state index is 5.40. The molecule has 0 bridgehead atoms. The Labute approximate surface area is 113 Å². The van der Waals surface area contributed by atoms with Gasteiger partial charge in [-0.1, -0.05) is 24.3 Å². The minimum Gasteiger partial charge on any atom is -0.496 e. The van der Waals surface area contributed by atoms with Gasteiger partial charge in [-0.25, -0.2) is 0 Å². The second-order valence-corrected chi connectivity index (χ2v) is 5.35. The van der Waals surface area contributed by atoms with Gasteiger partial charge in [0.15, 0.2) is 0 Å². The Kier molecular flexibility index (Phi) is 4.39. The molecule has 1 aromatic heterocycles. The molecule has 3 heteroatoms. The number of nitrogens with one attached hydrogen (secondary N) is 1. The van der Waals surface area contributed by atoms with Crippen molar-refractivity contribution >= 4 is 11.3 Å². The third kappa shape index (κ3) is 2.92. The standard InChI is InChI=1S/C15H19NOS/c1-11(13-7-4-5-8-14(13)17-3)16-12(2)15-9-6-10-18-15/h4-12,16H,1-3H3. The minimum atomic E-state index is 0.262. The number of rotatable bonds is 5. The van der Waals surface area contributed by atoms with Gasteiger partial charge in [-0.2, -0.15) is 0 Å². The molecule has 0 amide bonds. The Morgan fingerprint density at radius 2 is 1.83 bits per heavy atom. The molecule has 2 unspecified atom stereocenters. The van der Waals surface area contributed by atoms with E-state index in [-0.39, 0.29) is 6.04 Å². The number of hydrogen-bond donors (Lipinski definition) is 1. The molecule has 0 radical (unpaired) electrons. The molecule has 0 aliphatic rings. The van der Waals surface area contributed by atoms with Gasteiger partial charge in [-0.15, -0.1) is 11.3 Å². The molecule has 2 aromatic rings. The lowest BCUT2D eigenvalue weighted by Gasteiger charge is -2.21. The molecule has 0 aliphatic carbocycles. The predicted octanol–water partition coefficient (Wildman–Crippen LogP) is 4.17. The summed E-state index contributed by atoms with van der Waals surface area (Å²) in [5, 5.41) is 5.72. The van der Waals surface area contributed by atoms with Gasteiger partial charge in [-0.3, -0.25) is 0 Å². The van der Waals surface area contributed by atoms with E-state index < -0.39 is 0 Å². The van der Waals surface area contributed by atoms with Crippen LogP contribution in [0.5, 0.6) is 5.75 Å². The van der Waals surface area contributed by atoms with Crippen LogP contribution in [0.4, 0.5) is 0 Å². The quantitative estimate of drug-likeness (QED) is 0.872. The third-order valence-corrected chi connectivity index (χ3v) is 4.13. The van der Waals surface area contributed by atoms with Crippen LogP contribution in [-0.4, -0.2) is 7.11 Å². The van der Waals surface area contributed by atoms with E-state index in [1.54, 1.807) is 18.4 Å². The van der Waals surface area contributed by atoms with Gasteiger partial charge < -0.3 is 10.1 Å². The summed E-state index contributed by atoms with van der Waals surface area (Å²) in [5.74, 6) is 0.941. The monoisotopic (exact) mass is 261 g/mol. The molecule has 1 N–H and O–H groups in total. The zero-order chi connectivity index (χ0) is 13.0. The van der Waals surface area contributed by atoms with Crippen molar-refractivity contribution in [2.75, 3.05) is 7.11 Å². The van der Waals surface area contributed by atoms with Crippen molar-refractivity contribution in [1.29, 1.82) is 0 Å². The van der Waals surface area contributed by atoms with Crippen LogP contribution in [0.3, 0.4) is 0 Å². The van der Waals surface area contributed by atoms with Crippen LogP contribution in [0.25, 0.3) is 0 Å². The van der Waals surface area contributed by atoms with E-state index in [0.29, 0.717) is 6.04 Å². The largest absolute Gasteiger partial charge is 0.496 e. The number of ether oxygens (including phenoxy) is 1. The molecule has 2 nitrogen and oxygen atoms in total. The first-order chi connectivity index (χ1) is 8.72. The van der Waals surface area contributed by atoms with E-state index in [9.17, 15) is 0 Å². The fraction of sp³-hybridized carbons (Fsp3) is 0.333. The smallest absolute Gasteiger partial charge is 0.123 e. The highest BCUT2D eigenvalue weighted by Crippen LogP contribution is 2.27. The van der Waals surface area contributed by atoms with Crippen molar-refractivity contribution in [2.45, 2.75) is 25.9 Å². The zero-order valence-corrected chi connectivity index (χ0v) is 11.8. The molecule has 1 heterocycles. The third-order valence-electron chi connectivity index (χ3n) is 3.08. The summed E-state index contributed by atoms with van der Waals surface area (Å²) >= 11 is 1.78. The van der Waals surface area contributed by atoms with Crippen molar-refractivity contribution in [3.05, 3.63) is 52.2 Å². The Bertz CT molecular complexity index is 481. The fourth-order valence-electron chi connectivity index (χ4n) is 2.11. The number of hydrogen-bond acceptors (Lipinski definition) is 3. The summed E-state index contributed by atoms with van der Waals surface area (Å²) in [6.45, 7) is 4.36.